The molecule has 5 nitrogen and oxygen atoms in total. The van der Waals surface area contributed by atoms with E-state index in [1.54, 1.807) is 45.0 Å². The lowest BCUT2D eigenvalue weighted by Crippen LogP contribution is -2.36. The molecule has 1 aromatic rings. The lowest BCUT2D eigenvalue weighted by molar-refractivity contribution is -0.138. The number of carboxylic acids is 1. The van der Waals surface area contributed by atoms with Crippen LogP contribution in [0.15, 0.2) is 24.3 Å². The molecule has 0 bridgehead atoms. The minimum Gasteiger partial charge on any atom is -0.481 e. The van der Waals surface area contributed by atoms with Crippen molar-refractivity contribution in [2.45, 2.75) is 32.3 Å². The van der Waals surface area contributed by atoms with Crippen molar-refractivity contribution in [2.24, 2.45) is 0 Å². The van der Waals surface area contributed by atoms with E-state index in [9.17, 15) is 14.7 Å². The fourth-order valence-corrected chi connectivity index (χ4v) is 1.67. The summed E-state index contributed by atoms with van der Waals surface area (Å²) in [5.74, 6) is -1.87. The Morgan fingerprint density at radius 1 is 1.30 bits per heavy atom. The van der Waals surface area contributed by atoms with Gasteiger partial charge < -0.3 is 15.2 Å². The molecule has 1 aromatic carbocycles. The maximum atomic E-state index is 11.5. The number of hydrogen-bond donors (Lipinski definition) is 2. The monoisotopic (exact) mass is 299 g/mol. The second-order valence-corrected chi connectivity index (χ2v) is 5.76. The molecule has 2 N–H and O–H groups in total. The number of aliphatic carboxylic acids is 1. The molecule has 0 aliphatic rings. The molecule has 0 saturated carbocycles. The molecule has 20 heavy (non-hydrogen) atoms. The molecule has 110 valence electrons. The van der Waals surface area contributed by atoms with Crippen molar-refractivity contribution < 1.29 is 19.4 Å². The maximum Gasteiger partial charge on any atom is 0.407 e. The van der Waals surface area contributed by atoms with Gasteiger partial charge in [0, 0.05) is 11.6 Å². The van der Waals surface area contributed by atoms with Crippen LogP contribution in [0.25, 0.3) is 0 Å². The zero-order chi connectivity index (χ0) is 15.3. The van der Waals surface area contributed by atoms with Crippen LogP contribution in [0.5, 0.6) is 0 Å². The van der Waals surface area contributed by atoms with E-state index in [0.717, 1.165) is 0 Å². The summed E-state index contributed by atoms with van der Waals surface area (Å²) in [6.07, 6.45) is -0.641. The standard InChI is InChI=1S/C14H18ClNO4/c1-14(2,3)20-13(19)16-8-11(12(17)18)9-4-6-10(15)7-5-9/h4-7,11H,8H2,1-3H3,(H,16,19)(H,17,18)/t11-/m0/s1. The lowest BCUT2D eigenvalue weighted by atomic mass is 9.99. The summed E-state index contributed by atoms with van der Waals surface area (Å²) in [5, 5.41) is 12.2. The van der Waals surface area contributed by atoms with E-state index in [4.69, 9.17) is 16.3 Å². The SMILES string of the molecule is CC(C)(C)OC(=O)NC[C@H](C(=O)O)c1ccc(Cl)cc1. The maximum absolute atomic E-state index is 11.5. The predicted molar refractivity (Wildman–Crippen MR) is 76.1 cm³/mol. The first-order chi connectivity index (χ1) is 9.19. The molecule has 0 fully saturated rings. The molecule has 0 aliphatic heterocycles. The number of alkyl carbamates (subject to hydrolysis) is 1. The summed E-state index contributed by atoms with van der Waals surface area (Å²) in [4.78, 5) is 22.8. The molecule has 0 unspecified atom stereocenters. The van der Waals surface area contributed by atoms with Gasteiger partial charge in [-0.15, -0.1) is 0 Å². The Morgan fingerprint density at radius 2 is 1.85 bits per heavy atom. The zero-order valence-electron chi connectivity index (χ0n) is 11.6. The summed E-state index contributed by atoms with van der Waals surface area (Å²) >= 11 is 5.76. The Labute approximate surface area is 122 Å². The number of ether oxygens (including phenoxy) is 1. The van der Waals surface area contributed by atoms with Gasteiger partial charge in [0.05, 0.1) is 5.92 Å². The van der Waals surface area contributed by atoms with E-state index in [0.29, 0.717) is 10.6 Å². The number of benzene rings is 1. The Balaban J connectivity index is 2.67. The van der Waals surface area contributed by atoms with Crippen LogP contribution in [0, 0.1) is 0 Å². The summed E-state index contributed by atoms with van der Waals surface area (Å²) < 4.78 is 5.06. The molecule has 6 heteroatoms. The van der Waals surface area contributed by atoms with E-state index in [-0.39, 0.29) is 6.54 Å². The molecule has 1 atom stereocenters. The van der Waals surface area contributed by atoms with Crippen LogP contribution in [0.3, 0.4) is 0 Å². The Hall–Kier alpha value is -1.75. The highest BCUT2D eigenvalue weighted by molar-refractivity contribution is 6.30. The van der Waals surface area contributed by atoms with Gasteiger partial charge in [0.2, 0.25) is 0 Å². The van der Waals surface area contributed by atoms with E-state index in [1.807, 2.05) is 0 Å². The van der Waals surface area contributed by atoms with Crippen molar-refractivity contribution in [2.75, 3.05) is 6.54 Å². The van der Waals surface area contributed by atoms with Gasteiger partial charge in [0.25, 0.3) is 0 Å². The fourth-order valence-electron chi connectivity index (χ4n) is 1.54. The number of halogens is 1. The Bertz CT molecular complexity index is 479. The molecule has 0 aromatic heterocycles. The van der Waals surface area contributed by atoms with E-state index < -0.39 is 23.6 Å². The first-order valence-corrected chi connectivity index (χ1v) is 6.52. The first-order valence-electron chi connectivity index (χ1n) is 6.14. The van der Waals surface area contributed by atoms with Gasteiger partial charge in [-0.2, -0.15) is 0 Å². The number of hydrogen-bond acceptors (Lipinski definition) is 3. The number of rotatable bonds is 4. The summed E-state index contributed by atoms with van der Waals surface area (Å²) in [7, 11) is 0. The lowest BCUT2D eigenvalue weighted by Gasteiger charge is -2.21. The summed E-state index contributed by atoms with van der Waals surface area (Å²) in [5.41, 5.74) is -0.0544. The quantitative estimate of drug-likeness (QED) is 0.896. The van der Waals surface area contributed by atoms with Gasteiger partial charge >= 0.3 is 12.1 Å². The number of carboxylic acid groups (broad SMARTS) is 1. The van der Waals surface area contributed by atoms with Gasteiger partial charge in [-0.1, -0.05) is 23.7 Å². The third kappa shape index (κ3) is 5.48. The largest absolute Gasteiger partial charge is 0.481 e. The van der Waals surface area contributed by atoms with Gasteiger partial charge in [-0.05, 0) is 38.5 Å². The highest BCUT2D eigenvalue weighted by Crippen LogP contribution is 2.18. The van der Waals surface area contributed by atoms with Gasteiger partial charge in [0.1, 0.15) is 5.60 Å². The number of carbonyl (C=O) groups excluding carboxylic acids is 1. The van der Waals surface area contributed by atoms with Crippen molar-refractivity contribution in [1.29, 1.82) is 0 Å². The van der Waals surface area contributed by atoms with Crippen molar-refractivity contribution in [1.82, 2.24) is 5.32 Å². The minimum atomic E-state index is -1.02. The van der Waals surface area contributed by atoms with Gasteiger partial charge in [-0.3, -0.25) is 4.79 Å². The Morgan fingerprint density at radius 3 is 2.30 bits per heavy atom. The van der Waals surface area contributed by atoms with Crippen LogP contribution in [0.4, 0.5) is 4.79 Å². The first kappa shape index (κ1) is 16.3. The van der Waals surface area contributed by atoms with Crippen molar-refractivity contribution >= 4 is 23.7 Å². The molecule has 0 saturated heterocycles. The van der Waals surface area contributed by atoms with Crippen LogP contribution >= 0.6 is 11.6 Å². The zero-order valence-corrected chi connectivity index (χ0v) is 12.4. The van der Waals surface area contributed by atoms with E-state index in [2.05, 4.69) is 5.32 Å². The number of carbonyl (C=O) groups is 2. The smallest absolute Gasteiger partial charge is 0.407 e. The second-order valence-electron chi connectivity index (χ2n) is 5.33. The molecular formula is C14H18ClNO4. The Kier molecular flexibility index (Phi) is 5.39. The molecular weight excluding hydrogens is 282 g/mol. The van der Waals surface area contributed by atoms with Crippen molar-refractivity contribution in [3.05, 3.63) is 34.9 Å². The average Bonchev–Trinajstić information content (AvgIpc) is 2.29. The highest BCUT2D eigenvalue weighted by Gasteiger charge is 2.22. The molecule has 0 radical (unpaired) electrons. The molecule has 0 spiro atoms. The average molecular weight is 300 g/mol. The van der Waals surface area contributed by atoms with Crippen LogP contribution in [-0.4, -0.2) is 29.3 Å². The van der Waals surface area contributed by atoms with Crippen LogP contribution in [0.2, 0.25) is 5.02 Å². The van der Waals surface area contributed by atoms with Crippen LogP contribution in [-0.2, 0) is 9.53 Å². The molecule has 0 heterocycles. The van der Waals surface area contributed by atoms with Crippen molar-refractivity contribution in [3.8, 4) is 0 Å². The van der Waals surface area contributed by atoms with Crippen LogP contribution in [0.1, 0.15) is 32.3 Å². The molecule has 1 rings (SSSR count). The normalized spacial score (nSPS) is 12.6. The van der Waals surface area contributed by atoms with Gasteiger partial charge in [-0.25, -0.2) is 4.79 Å². The second kappa shape index (κ2) is 6.61. The predicted octanol–water partition coefficient (Wildman–Crippen LogP) is 3.03. The summed E-state index contributed by atoms with van der Waals surface area (Å²) in [6.45, 7) is 5.16. The topological polar surface area (TPSA) is 75.6 Å². The van der Waals surface area contributed by atoms with E-state index in [1.165, 1.54) is 0 Å². The highest BCUT2D eigenvalue weighted by atomic mass is 35.5. The molecule has 0 aliphatic carbocycles. The van der Waals surface area contributed by atoms with Gasteiger partial charge in [0.15, 0.2) is 0 Å². The third-order valence-electron chi connectivity index (χ3n) is 2.42. The minimum absolute atomic E-state index is 0.0497. The number of nitrogens with one attached hydrogen (secondary N) is 1. The van der Waals surface area contributed by atoms with Crippen molar-refractivity contribution in [3.63, 3.8) is 0 Å². The van der Waals surface area contributed by atoms with E-state index >= 15 is 0 Å². The third-order valence-corrected chi connectivity index (χ3v) is 2.67. The van der Waals surface area contributed by atoms with Crippen LogP contribution < -0.4 is 5.32 Å². The molecule has 1 amide bonds. The number of amides is 1. The fraction of sp³-hybridized carbons (Fsp3) is 0.429. The summed E-state index contributed by atoms with van der Waals surface area (Å²) in [6, 6.07) is 6.47.